The van der Waals surface area contributed by atoms with Gasteiger partial charge in [-0.3, -0.25) is 9.48 Å². The fraction of sp³-hybridized carbons (Fsp3) is 0.424. The van der Waals surface area contributed by atoms with Crippen molar-refractivity contribution in [2.24, 2.45) is 13.0 Å². The van der Waals surface area contributed by atoms with E-state index >= 15 is 0 Å². The van der Waals surface area contributed by atoms with Gasteiger partial charge < -0.3 is 9.64 Å². The van der Waals surface area contributed by atoms with Gasteiger partial charge in [-0.2, -0.15) is 10.2 Å². The minimum Gasteiger partial charge on any atom is -0.377 e. The fourth-order valence-corrected chi connectivity index (χ4v) is 6.10. The minimum absolute atomic E-state index is 0.152. The number of Topliss-reactive ketones (excluding diaryl/α,β-unsaturated/α-hetero) is 1. The van der Waals surface area contributed by atoms with E-state index in [9.17, 15) is 9.18 Å². The molecular weight excluding hydrogens is 517 g/mol. The Morgan fingerprint density at radius 3 is 2.61 bits per heavy atom. The average molecular weight is 556 g/mol. The van der Waals surface area contributed by atoms with E-state index in [0.29, 0.717) is 31.1 Å². The van der Waals surface area contributed by atoms with Crippen LogP contribution in [-0.2, 0) is 23.0 Å². The highest BCUT2D eigenvalue weighted by Crippen LogP contribution is 2.36. The lowest BCUT2D eigenvalue weighted by Crippen LogP contribution is -2.26. The van der Waals surface area contributed by atoms with E-state index in [0.717, 1.165) is 66.2 Å². The number of halogens is 1. The van der Waals surface area contributed by atoms with Crippen LogP contribution in [0, 0.1) is 25.6 Å². The number of ketones is 1. The lowest BCUT2D eigenvalue weighted by Gasteiger charge is -2.19. The molecule has 7 nitrogen and oxygen atoms in total. The molecule has 0 spiro atoms. The molecule has 3 heterocycles. The highest BCUT2D eigenvalue weighted by atomic mass is 19.1. The number of carbonyl (C=O) groups excluding carboxylic acids is 1. The van der Waals surface area contributed by atoms with Crippen molar-refractivity contribution in [2.45, 2.75) is 51.6 Å². The number of nitrogens with zero attached hydrogens (tertiary/aromatic N) is 5. The second kappa shape index (κ2) is 11.7. The second-order valence-corrected chi connectivity index (χ2v) is 11.7. The summed E-state index contributed by atoms with van der Waals surface area (Å²) in [5.41, 5.74) is 6.35. The van der Waals surface area contributed by atoms with E-state index in [1.165, 1.54) is 0 Å². The van der Waals surface area contributed by atoms with Crippen LogP contribution in [0.4, 0.5) is 4.39 Å². The fourth-order valence-electron chi connectivity index (χ4n) is 6.10. The van der Waals surface area contributed by atoms with Gasteiger partial charge in [0.05, 0.1) is 36.0 Å². The molecule has 2 fully saturated rings. The first-order valence-electron chi connectivity index (χ1n) is 14.6. The van der Waals surface area contributed by atoms with Crippen molar-refractivity contribution in [3.63, 3.8) is 0 Å². The average Bonchev–Trinajstić information content (AvgIpc) is 3.41. The molecule has 0 N–H and O–H groups in total. The summed E-state index contributed by atoms with van der Waals surface area (Å²) in [6.45, 7) is 7.10. The Balaban J connectivity index is 1.24. The Labute approximate surface area is 240 Å². The normalized spacial score (nSPS) is 19.2. The molecule has 0 unspecified atom stereocenters. The van der Waals surface area contributed by atoms with Crippen molar-refractivity contribution in [2.75, 3.05) is 26.2 Å². The second-order valence-electron chi connectivity index (χ2n) is 11.7. The molecule has 0 radical (unpaired) electrons. The van der Waals surface area contributed by atoms with E-state index in [1.807, 2.05) is 80.4 Å². The summed E-state index contributed by atoms with van der Waals surface area (Å²) in [6, 6.07) is 15.4. The van der Waals surface area contributed by atoms with Crippen molar-refractivity contribution in [3.8, 4) is 16.9 Å². The van der Waals surface area contributed by atoms with Gasteiger partial charge in [-0.1, -0.05) is 30.3 Å². The first kappa shape index (κ1) is 27.5. The zero-order chi connectivity index (χ0) is 28.5. The third-order valence-electron chi connectivity index (χ3n) is 8.49. The maximum absolute atomic E-state index is 14.1. The molecule has 1 saturated carbocycles. The minimum atomic E-state index is -0.192. The van der Waals surface area contributed by atoms with E-state index in [-0.39, 0.29) is 23.4 Å². The zero-order valence-corrected chi connectivity index (χ0v) is 24.1. The van der Waals surface area contributed by atoms with Gasteiger partial charge in [-0.15, -0.1) is 0 Å². The molecule has 4 aromatic rings. The summed E-state index contributed by atoms with van der Waals surface area (Å²) in [6.07, 6.45) is 7.27. The van der Waals surface area contributed by atoms with Gasteiger partial charge in [0, 0.05) is 57.2 Å². The zero-order valence-electron chi connectivity index (χ0n) is 24.1. The topological polar surface area (TPSA) is 65.2 Å². The van der Waals surface area contributed by atoms with Gasteiger partial charge in [0.1, 0.15) is 11.6 Å². The molecule has 1 aliphatic carbocycles. The van der Waals surface area contributed by atoms with Crippen LogP contribution < -0.4 is 0 Å². The van der Waals surface area contributed by atoms with Crippen LogP contribution in [0.1, 0.15) is 47.6 Å². The molecule has 8 heteroatoms. The lowest BCUT2D eigenvalue weighted by atomic mass is 9.84. The van der Waals surface area contributed by atoms with Crippen molar-refractivity contribution >= 4 is 5.78 Å². The maximum atomic E-state index is 14.1. The van der Waals surface area contributed by atoms with Gasteiger partial charge in [0.25, 0.3) is 0 Å². The van der Waals surface area contributed by atoms with Crippen LogP contribution >= 0.6 is 0 Å². The molecular formula is C33H38FN5O2. The van der Waals surface area contributed by atoms with Crippen LogP contribution in [0.5, 0.6) is 0 Å². The number of rotatable bonds is 11. The number of carbonyl (C=O) groups is 1. The summed E-state index contributed by atoms with van der Waals surface area (Å²) in [7, 11) is 1.89. The predicted octanol–water partition coefficient (Wildman–Crippen LogP) is 5.43. The molecule has 2 aromatic heterocycles. The van der Waals surface area contributed by atoms with Gasteiger partial charge in [0.15, 0.2) is 0 Å². The monoisotopic (exact) mass is 555 g/mol. The Morgan fingerprint density at radius 1 is 1.10 bits per heavy atom. The largest absolute Gasteiger partial charge is 0.377 e. The van der Waals surface area contributed by atoms with Crippen LogP contribution in [0.15, 0.2) is 60.9 Å². The number of hydrogen-bond donors (Lipinski definition) is 0. The van der Waals surface area contributed by atoms with Gasteiger partial charge >= 0.3 is 0 Å². The molecule has 2 aliphatic rings. The standard InChI is InChI=1S/C33H38FN5O2/c1-22-15-24(9-12-31(22)34)30-21-38(13-14-41-29-10-11-29)20-25(30)16-28(40)17-32-23(2)33(26-18-35-37(3)19-26)36-39(32)27-7-5-4-6-8-27/h4-9,12,15,18-19,25,29-30H,10-11,13-14,16-17,20-21H2,1-3H3/t25-,30+/m1/s1. The van der Waals surface area contributed by atoms with Gasteiger partial charge in [-0.25, -0.2) is 9.07 Å². The summed E-state index contributed by atoms with van der Waals surface area (Å²) in [5, 5.41) is 9.28. The molecule has 0 amide bonds. The summed E-state index contributed by atoms with van der Waals surface area (Å²) >= 11 is 0. The number of hydrogen-bond acceptors (Lipinski definition) is 5. The summed E-state index contributed by atoms with van der Waals surface area (Å²) in [5.74, 6) is 0.320. The first-order valence-corrected chi connectivity index (χ1v) is 14.6. The number of likely N-dealkylation sites (tertiary alicyclic amines) is 1. The van der Waals surface area contributed by atoms with E-state index in [1.54, 1.807) is 10.7 Å². The smallest absolute Gasteiger partial charge is 0.139 e. The van der Waals surface area contributed by atoms with E-state index in [2.05, 4.69) is 10.00 Å². The third kappa shape index (κ3) is 6.19. The molecule has 1 saturated heterocycles. The molecule has 2 atom stereocenters. The number of para-hydroxylation sites is 1. The first-order chi connectivity index (χ1) is 19.9. The van der Waals surface area contributed by atoms with E-state index < -0.39 is 0 Å². The number of aromatic nitrogens is 4. The Morgan fingerprint density at radius 2 is 1.90 bits per heavy atom. The predicted molar refractivity (Wildman–Crippen MR) is 157 cm³/mol. The third-order valence-corrected chi connectivity index (χ3v) is 8.49. The Kier molecular flexibility index (Phi) is 7.86. The van der Waals surface area contributed by atoms with Crippen LogP contribution in [-0.4, -0.2) is 62.6 Å². The van der Waals surface area contributed by atoms with Crippen LogP contribution in [0.3, 0.4) is 0 Å². The van der Waals surface area contributed by atoms with Crippen molar-refractivity contribution in [3.05, 3.63) is 89.1 Å². The Bertz CT molecular complexity index is 1520. The number of benzene rings is 2. The Hall–Kier alpha value is -3.62. The van der Waals surface area contributed by atoms with Crippen molar-refractivity contribution in [1.29, 1.82) is 0 Å². The van der Waals surface area contributed by atoms with Crippen molar-refractivity contribution in [1.82, 2.24) is 24.5 Å². The van der Waals surface area contributed by atoms with Crippen LogP contribution in [0.25, 0.3) is 16.9 Å². The summed E-state index contributed by atoms with van der Waals surface area (Å²) in [4.78, 5) is 16.2. The highest BCUT2D eigenvalue weighted by molar-refractivity contribution is 5.82. The molecule has 214 valence electrons. The number of ether oxygens (including phenoxy) is 1. The SMILES string of the molecule is Cc1cc([C@@H]2CN(CCOC3CC3)C[C@H]2CC(=O)Cc2c(C)c(-c3cnn(C)c3)nn2-c2ccccc2)ccc1F. The highest BCUT2D eigenvalue weighted by Gasteiger charge is 2.36. The van der Waals surface area contributed by atoms with Gasteiger partial charge in [0.2, 0.25) is 0 Å². The molecule has 2 aromatic carbocycles. The number of aryl methyl sites for hydroxylation is 2. The van der Waals surface area contributed by atoms with Crippen molar-refractivity contribution < 1.29 is 13.9 Å². The maximum Gasteiger partial charge on any atom is 0.139 e. The van der Waals surface area contributed by atoms with Gasteiger partial charge in [-0.05, 0) is 67.5 Å². The quantitative estimate of drug-likeness (QED) is 0.247. The van der Waals surface area contributed by atoms with Crippen LogP contribution in [0.2, 0.25) is 0 Å². The lowest BCUT2D eigenvalue weighted by molar-refractivity contribution is -0.119. The summed E-state index contributed by atoms with van der Waals surface area (Å²) < 4.78 is 23.7. The molecule has 0 bridgehead atoms. The molecule has 1 aliphatic heterocycles. The van der Waals surface area contributed by atoms with E-state index in [4.69, 9.17) is 9.84 Å². The molecule has 41 heavy (non-hydrogen) atoms. The molecule has 6 rings (SSSR count).